The Balaban J connectivity index is 2.15. The Kier molecular flexibility index (Phi) is 3.35. The third-order valence-corrected chi connectivity index (χ3v) is 3.64. The van der Waals surface area contributed by atoms with Gasteiger partial charge >= 0.3 is 0 Å². The van der Waals surface area contributed by atoms with E-state index >= 15 is 0 Å². The van der Waals surface area contributed by atoms with Crippen LogP contribution in [0.4, 0.5) is 0 Å². The molecule has 0 aliphatic heterocycles. The van der Waals surface area contributed by atoms with Crippen LogP contribution in [0.3, 0.4) is 0 Å². The summed E-state index contributed by atoms with van der Waals surface area (Å²) in [6.07, 6.45) is 0. The first-order chi connectivity index (χ1) is 9.95. The SMILES string of the molecule is CC(=O)c1ccc2nc(-c3cc(Cl)c(O)c(Cl)c3)oc2c1. The molecule has 0 amide bonds. The van der Waals surface area contributed by atoms with Crippen molar-refractivity contribution in [1.82, 2.24) is 4.98 Å². The topological polar surface area (TPSA) is 63.3 Å². The Hall–Kier alpha value is -2.04. The fraction of sp³-hybridized carbons (Fsp3) is 0.0667. The summed E-state index contributed by atoms with van der Waals surface area (Å²) >= 11 is 11.8. The van der Waals surface area contributed by atoms with Gasteiger partial charge in [-0.15, -0.1) is 0 Å². The molecule has 3 aromatic rings. The van der Waals surface area contributed by atoms with Gasteiger partial charge in [-0.05, 0) is 37.3 Å². The van der Waals surface area contributed by atoms with Crippen LogP contribution in [0, 0.1) is 0 Å². The first kappa shape index (κ1) is 13.9. The third-order valence-electron chi connectivity index (χ3n) is 3.06. The van der Waals surface area contributed by atoms with Gasteiger partial charge in [0.2, 0.25) is 5.89 Å². The van der Waals surface area contributed by atoms with E-state index in [-0.39, 0.29) is 21.6 Å². The van der Waals surface area contributed by atoms with Crippen molar-refractivity contribution in [1.29, 1.82) is 0 Å². The molecule has 0 aliphatic carbocycles. The number of phenolic OH excluding ortho intramolecular Hbond substituents is 1. The van der Waals surface area contributed by atoms with E-state index in [1.165, 1.54) is 19.1 Å². The average Bonchev–Trinajstić information content (AvgIpc) is 2.86. The summed E-state index contributed by atoms with van der Waals surface area (Å²) in [5.74, 6) is 0.0807. The molecule has 0 radical (unpaired) electrons. The lowest BCUT2D eigenvalue weighted by atomic mass is 10.1. The van der Waals surface area contributed by atoms with Gasteiger partial charge in [0.1, 0.15) is 5.52 Å². The van der Waals surface area contributed by atoms with Crippen molar-refractivity contribution in [3.63, 3.8) is 0 Å². The first-order valence-corrected chi connectivity index (χ1v) is 6.81. The standard InChI is InChI=1S/C15H9Cl2NO3/c1-7(19)8-2-3-12-13(6-8)21-15(18-12)9-4-10(16)14(20)11(17)5-9/h2-6,20H,1H3. The summed E-state index contributed by atoms with van der Waals surface area (Å²) in [6, 6.07) is 8.06. The lowest BCUT2D eigenvalue weighted by Gasteiger charge is -2.01. The Bertz CT molecular complexity index is 847. The molecule has 0 aliphatic rings. The molecule has 1 N–H and O–H groups in total. The highest BCUT2D eigenvalue weighted by molar-refractivity contribution is 6.37. The second-order valence-electron chi connectivity index (χ2n) is 4.55. The zero-order chi connectivity index (χ0) is 15.1. The Labute approximate surface area is 129 Å². The molecule has 1 aromatic heterocycles. The van der Waals surface area contributed by atoms with Gasteiger partial charge in [0.25, 0.3) is 0 Å². The van der Waals surface area contributed by atoms with Gasteiger partial charge in [-0.1, -0.05) is 23.2 Å². The van der Waals surface area contributed by atoms with Crippen LogP contribution in [-0.4, -0.2) is 15.9 Å². The predicted molar refractivity (Wildman–Crippen MR) is 81.1 cm³/mol. The number of nitrogens with zero attached hydrogens (tertiary/aromatic N) is 1. The van der Waals surface area contributed by atoms with E-state index in [2.05, 4.69) is 4.98 Å². The van der Waals surface area contributed by atoms with Crippen molar-refractivity contribution in [2.45, 2.75) is 6.92 Å². The van der Waals surface area contributed by atoms with Gasteiger partial charge in [-0.3, -0.25) is 4.79 Å². The highest BCUT2D eigenvalue weighted by Gasteiger charge is 2.14. The minimum absolute atomic E-state index is 0.0504. The number of carbonyl (C=O) groups is 1. The monoisotopic (exact) mass is 321 g/mol. The molecule has 1 heterocycles. The Morgan fingerprint density at radius 3 is 2.48 bits per heavy atom. The molecule has 0 fully saturated rings. The predicted octanol–water partition coefficient (Wildman–Crippen LogP) is 4.71. The molecular weight excluding hydrogens is 313 g/mol. The third kappa shape index (κ3) is 2.48. The van der Waals surface area contributed by atoms with Crippen LogP contribution in [0.25, 0.3) is 22.6 Å². The van der Waals surface area contributed by atoms with Crippen LogP contribution < -0.4 is 0 Å². The first-order valence-electron chi connectivity index (χ1n) is 6.05. The normalized spacial score (nSPS) is 11.0. The molecular formula is C15H9Cl2NO3. The maximum atomic E-state index is 11.4. The minimum atomic E-state index is -0.183. The number of hydrogen-bond donors (Lipinski definition) is 1. The Morgan fingerprint density at radius 2 is 1.86 bits per heavy atom. The van der Waals surface area contributed by atoms with Gasteiger partial charge in [-0.25, -0.2) is 4.98 Å². The molecule has 0 bridgehead atoms. The minimum Gasteiger partial charge on any atom is -0.505 e. The number of ketones is 1. The van der Waals surface area contributed by atoms with E-state index in [0.29, 0.717) is 28.1 Å². The number of benzene rings is 2. The summed E-state index contributed by atoms with van der Waals surface area (Å²) in [4.78, 5) is 15.7. The lowest BCUT2D eigenvalue weighted by Crippen LogP contribution is -1.89. The number of Topliss-reactive ketones (excluding diaryl/α,β-unsaturated/α-hetero) is 1. The molecule has 0 unspecified atom stereocenters. The van der Waals surface area contributed by atoms with Crippen molar-refractivity contribution in [2.75, 3.05) is 0 Å². The highest BCUT2D eigenvalue weighted by atomic mass is 35.5. The van der Waals surface area contributed by atoms with E-state index in [1.807, 2.05) is 0 Å². The van der Waals surface area contributed by atoms with Crippen LogP contribution in [0.5, 0.6) is 5.75 Å². The van der Waals surface area contributed by atoms with Gasteiger partial charge in [0, 0.05) is 11.1 Å². The van der Waals surface area contributed by atoms with Crippen molar-refractivity contribution in [2.24, 2.45) is 0 Å². The quantitative estimate of drug-likeness (QED) is 0.694. The number of phenols is 1. The number of oxazole rings is 1. The summed E-state index contributed by atoms with van der Waals surface area (Å²) in [6.45, 7) is 1.48. The molecule has 4 nitrogen and oxygen atoms in total. The number of aromatic nitrogens is 1. The summed E-state index contributed by atoms with van der Waals surface area (Å²) in [5, 5.41) is 9.79. The summed E-state index contributed by atoms with van der Waals surface area (Å²) in [7, 11) is 0. The molecule has 0 atom stereocenters. The Morgan fingerprint density at radius 1 is 1.19 bits per heavy atom. The summed E-state index contributed by atoms with van der Waals surface area (Å²) < 4.78 is 5.63. The van der Waals surface area contributed by atoms with Gasteiger partial charge in [0.05, 0.1) is 10.0 Å². The second kappa shape index (κ2) is 5.06. The summed E-state index contributed by atoms with van der Waals surface area (Å²) in [5.41, 5.74) is 2.21. The molecule has 0 spiro atoms. The number of aromatic hydroxyl groups is 1. The van der Waals surface area contributed by atoms with Crippen molar-refractivity contribution in [3.8, 4) is 17.2 Å². The second-order valence-corrected chi connectivity index (χ2v) is 5.36. The van der Waals surface area contributed by atoms with Crippen LogP contribution in [-0.2, 0) is 0 Å². The molecule has 2 aromatic carbocycles. The lowest BCUT2D eigenvalue weighted by molar-refractivity contribution is 0.101. The van der Waals surface area contributed by atoms with Crippen LogP contribution in [0.1, 0.15) is 17.3 Å². The zero-order valence-electron chi connectivity index (χ0n) is 10.9. The van der Waals surface area contributed by atoms with Gasteiger partial charge < -0.3 is 9.52 Å². The molecule has 0 saturated carbocycles. The molecule has 106 valence electrons. The number of halogens is 2. The molecule has 6 heteroatoms. The van der Waals surface area contributed by atoms with Crippen LogP contribution in [0.2, 0.25) is 10.0 Å². The van der Waals surface area contributed by atoms with Gasteiger partial charge in [0.15, 0.2) is 17.1 Å². The van der Waals surface area contributed by atoms with E-state index in [9.17, 15) is 9.90 Å². The fourth-order valence-electron chi connectivity index (χ4n) is 1.96. The molecule has 3 rings (SSSR count). The zero-order valence-corrected chi connectivity index (χ0v) is 12.4. The maximum absolute atomic E-state index is 11.4. The van der Waals surface area contributed by atoms with Crippen LogP contribution in [0.15, 0.2) is 34.7 Å². The number of carbonyl (C=O) groups excluding carboxylic acids is 1. The number of hydrogen-bond acceptors (Lipinski definition) is 4. The van der Waals surface area contributed by atoms with Gasteiger partial charge in [-0.2, -0.15) is 0 Å². The van der Waals surface area contributed by atoms with Crippen molar-refractivity contribution in [3.05, 3.63) is 45.9 Å². The maximum Gasteiger partial charge on any atom is 0.227 e. The van der Waals surface area contributed by atoms with Crippen molar-refractivity contribution >= 4 is 40.1 Å². The number of fused-ring (bicyclic) bond motifs is 1. The molecule has 21 heavy (non-hydrogen) atoms. The van der Waals surface area contributed by atoms with Crippen molar-refractivity contribution < 1.29 is 14.3 Å². The largest absolute Gasteiger partial charge is 0.505 e. The van der Waals surface area contributed by atoms with Crippen LogP contribution >= 0.6 is 23.2 Å². The highest BCUT2D eigenvalue weighted by Crippen LogP contribution is 2.36. The smallest absolute Gasteiger partial charge is 0.227 e. The average molecular weight is 322 g/mol. The molecule has 0 saturated heterocycles. The van der Waals surface area contributed by atoms with E-state index in [1.54, 1.807) is 18.2 Å². The fourth-order valence-corrected chi connectivity index (χ4v) is 2.44. The number of rotatable bonds is 2. The van der Waals surface area contributed by atoms with E-state index in [4.69, 9.17) is 27.6 Å². The van der Waals surface area contributed by atoms with E-state index in [0.717, 1.165) is 0 Å². The van der Waals surface area contributed by atoms with E-state index < -0.39 is 0 Å².